The summed E-state index contributed by atoms with van der Waals surface area (Å²) in [6.45, 7) is 10.6. The van der Waals surface area contributed by atoms with Gasteiger partial charge in [-0.1, -0.05) is 210 Å². The van der Waals surface area contributed by atoms with Crippen molar-refractivity contribution in [3.05, 3.63) is 240 Å². The van der Waals surface area contributed by atoms with Crippen LogP contribution in [0, 0.1) is 17.8 Å². The maximum absolute atomic E-state index is 11.9. The molecule has 20 unspecified atom stereocenters. The van der Waals surface area contributed by atoms with E-state index in [0.717, 1.165) is 62.2 Å². The van der Waals surface area contributed by atoms with Crippen molar-refractivity contribution in [1.82, 2.24) is 0 Å². The molecule has 0 radical (unpaired) electrons. The normalized spacial score (nSPS) is 30.4. The Hall–Kier alpha value is -7.14. The van der Waals surface area contributed by atoms with Crippen LogP contribution in [0.2, 0.25) is 0 Å². The highest BCUT2D eigenvalue weighted by Gasteiger charge is 2.52. The van der Waals surface area contributed by atoms with E-state index in [1.165, 1.54) is 32.3 Å². The van der Waals surface area contributed by atoms with Crippen LogP contribution in [-0.4, -0.2) is 126 Å². The fourth-order valence-electron chi connectivity index (χ4n) is 15.2. The van der Waals surface area contributed by atoms with Gasteiger partial charge in [0.05, 0.1) is 69.6 Å². The average molecular weight is 1340 g/mol. The van der Waals surface area contributed by atoms with Crippen LogP contribution in [-0.2, 0) is 75.7 Å². The van der Waals surface area contributed by atoms with E-state index in [9.17, 15) is 15.3 Å². The SMILES string of the molecule is CCC1OC(OC2C(C)CC(C)C(OCc3ccc4ccccc4c3)C2O)C(C)C(OCc2ccc3ccccc3c2)C1OCc1ccc2ccccc2c1.NCC1OC(OC2C(N)CC(N)C(O)C2O)C(N)C(OCc2ccc3ccccc3c2)C1OCc1ccc2ccccc2c1. The molecule has 2 aliphatic carbocycles. The van der Waals surface area contributed by atoms with Crippen molar-refractivity contribution in [3.63, 3.8) is 0 Å². The van der Waals surface area contributed by atoms with Gasteiger partial charge >= 0.3 is 0 Å². The van der Waals surface area contributed by atoms with E-state index < -0.39 is 79.5 Å². The highest BCUT2D eigenvalue weighted by atomic mass is 16.7. The summed E-state index contributed by atoms with van der Waals surface area (Å²) in [5, 5.41) is 44.8. The fourth-order valence-corrected chi connectivity index (χ4v) is 15.2. The first-order valence-corrected chi connectivity index (χ1v) is 35.3. The van der Waals surface area contributed by atoms with Crippen LogP contribution in [0.25, 0.3) is 53.9 Å². The molecule has 99 heavy (non-hydrogen) atoms. The van der Waals surface area contributed by atoms with Crippen molar-refractivity contribution in [3.8, 4) is 0 Å². The van der Waals surface area contributed by atoms with E-state index in [0.29, 0.717) is 26.4 Å². The first-order chi connectivity index (χ1) is 48.2. The van der Waals surface area contributed by atoms with Gasteiger partial charge in [0.25, 0.3) is 0 Å². The standard InChI is InChI=1S/C49H54O6.C34H42N4O6/c1-5-43-48(53-30-36-20-23-39-14-8-11-17-42(39)27-36)47(52-29-35-19-22-38-13-7-10-16-41(38)26-35)33(4)49(54-43)55-46-32(3)24-31(2)45(44(46)50)51-28-34-18-21-37-12-6-9-15-40(37)25-34;35-16-27-32(41-17-19-9-11-21-5-1-3-7-23(21)13-19)33(42-18-20-10-12-22-6-2-4-8-24(22)14-20)28(38)34(43-27)44-31-26(37)15-25(36)29(39)30(31)40/h6-23,25-27,31-33,43-50H,5,24,28-30H2,1-4H3;1-14,25-34,39-40H,15-18,35-38H2. The molecular formula is C83H96N4O12. The fraction of sp³-hybridized carbons (Fsp3) is 0.398. The summed E-state index contributed by atoms with van der Waals surface area (Å²) in [4.78, 5) is 0. The lowest BCUT2D eigenvalue weighted by molar-refractivity contribution is -0.323. The first-order valence-electron chi connectivity index (χ1n) is 35.3. The number of aliphatic hydroxyl groups excluding tert-OH is 3. The molecule has 2 saturated heterocycles. The van der Waals surface area contributed by atoms with Crippen molar-refractivity contribution in [1.29, 1.82) is 0 Å². The monoisotopic (exact) mass is 1340 g/mol. The van der Waals surface area contributed by atoms with Gasteiger partial charge in [-0.05, 0) is 143 Å². The number of ether oxygens (including phenoxy) is 9. The predicted molar refractivity (Wildman–Crippen MR) is 388 cm³/mol. The van der Waals surface area contributed by atoms with Gasteiger partial charge in [-0.15, -0.1) is 0 Å². The second-order valence-corrected chi connectivity index (χ2v) is 27.9. The Morgan fingerprint density at radius 3 is 1.10 bits per heavy atom. The predicted octanol–water partition coefficient (Wildman–Crippen LogP) is 12.0. The van der Waals surface area contributed by atoms with Crippen molar-refractivity contribution >= 4 is 53.9 Å². The van der Waals surface area contributed by atoms with Crippen molar-refractivity contribution in [2.45, 2.75) is 184 Å². The third-order valence-corrected chi connectivity index (χ3v) is 20.8. The molecule has 10 aromatic carbocycles. The number of fused-ring (bicyclic) bond motifs is 5. The third kappa shape index (κ3) is 16.3. The molecular weight excluding hydrogens is 1240 g/mol. The lowest BCUT2D eigenvalue weighted by atomic mass is 9.77. The van der Waals surface area contributed by atoms with Gasteiger partial charge in [0.15, 0.2) is 12.6 Å². The Bertz CT molecular complexity index is 4300. The Kier molecular flexibility index (Phi) is 22.9. The van der Waals surface area contributed by atoms with E-state index >= 15 is 0 Å². The van der Waals surface area contributed by atoms with E-state index in [1.54, 1.807) is 0 Å². The maximum Gasteiger partial charge on any atom is 0.176 e. The molecule has 2 saturated carbocycles. The molecule has 0 bridgehead atoms. The highest BCUT2D eigenvalue weighted by Crippen LogP contribution is 2.40. The van der Waals surface area contributed by atoms with Gasteiger partial charge in [0.1, 0.15) is 42.7 Å². The summed E-state index contributed by atoms with van der Waals surface area (Å²) in [6, 6.07) is 71.0. The van der Waals surface area contributed by atoms with Gasteiger partial charge in [-0.25, -0.2) is 0 Å². The molecule has 10 aromatic rings. The molecule has 2 heterocycles. The van der Waals surface area contributed by atoms with Crippen LogP contribution >= 0.6 is 0 Å². The highest BCUT2D eigenvalue weighted by molar-refractivity contribution is 5.86. The number of benzene rings is 10. The summed E-state index contributed by atoms with van der Waals surface area (Å²) >= 11 is 0. The Labute approximate surface area is 580 Å². The molecule has 11 N–H and O–H groups in total. The summed E-state index contributed by atoms with van der Waals surface area (Å²) < 4.78 is 59.4. The lowest BCUT2D eigenvalue weighted by Gasteiger charge is -2.48. The van der Waals surface area contributed by atoms with Crippen LogP contribution in [0.15, 0.2) is 212 Å². The maximum atomic E-state index is 11.9. The van der Waals surface area contributed by atoms with E-state index in [1.807, 2.05) is 36.4 Å². The first kappa shape index (κ1) is 70.3. The average Bonchev–Trinajstić information content (AvgIpc) is 0.801. The number of hydrogen-bond acceptors (Lipinski definition) is 16. The van der Waals surface area contributed by atoms with Gasteiger partial charge in [-0.2, -0.15) is 0 Å². The molecule has 2 aliphatic heterocycles. The molecule has 0 spiro atoms. The Morgan fingerprint density at radius 1 is 0.354 bits per heavy atom. The number of hydrogen-bond donors (Lipinski definition) is 7. The molecule has 0 amide bonds. The minimum absolute atomic E-state index is 0.109. The largest absolute Gasteiger partial charge is 0.389 e. The van der Waals surface area contributed by atoms with Crippen LogP contribution in [0.3, 0.4) is 0 Å². The minimum Gasteiger partial charge on any atom is -0.389 e. The van der Waals surface area contributed by atoms with Crippen molar-refractivity contribution < 1.29 is 58.0 Å². The van der Waals surface area contributed by atoms with Gasteiger partial charge in [0, 0.05) is 24.5 Å². The summed E-state index contributed by atoms with van der Waals surface area (Å²) in [6.07, 6.45) is -7.68. The van der Waals surface area contributed by atoms with Gasteiger partial charge < -0.3 is 80.9 Å². The van der Waals surface area contributed by atoms with E-state index in [-0.39, 0.29) is 61.7 Å². The number of aliphatic hydroxyl groups is 3. The molecule has 16 heteroatoms. The lowest BCUT2D eigenvalue weighted by Crippen LogP contribution is -2.68. The zero-order chi connectivity index (χ0) is 68.7. The van der Waals surface area contributed by atoms with Crippen molar-refractivity contribution in [2.24, 2.45) is 40.7 Å². The smallest absolute Gasteiger partial charge is 0.176 e. The van der Waals surface area contributed by atoms with Crippen molar-refractivity contribution in [2.75, 3.05) is 6.54 Å². The summed E-state index contributed by atoms with van der Waals surface area (Å²) in [5.41, 5.74) is 30.5. The van der Waals surface area contributed by atoms with Crippen LogP contribution in [0.4, 0.5) is 0 Å². The molecule has 0 aromatic heterocycles. The molecule has 4 aliphatic rings. The molecule has 14 rings (SSSR count). The van der Waals surface area contributed by atoms with Crippen LogP contribution in [0.1, 0.15) is 74.8 Å². The molecule has 20 atom stereocenters. The van der Waals surface area contributed by atoms with E-state index in [4.69, 9.17) is 65.6 Å². The zero-order valence-electron chi connectivity index (χ0n) is 56.9. The molecule has 520 valence electrons. The van der Waals surface area contributed by atoms with E-state index in [2.05, 4.69) is 204 Å². The third-order valence-electron chi connectivity index (χ3n) is 20.8. The summed E-state index contributed by atoms with van der Waals surface area (Å²) in [7, 11) is 0. The topological polar surface area (TPSA) is 248 Å². The quantitative estimate of drug-likeness (QED) is 0.0353. The summed E-state index contributed by atoms with van der Waals surface area (Å²) in [5.74, 6) is 0.102. The van der Waals surface area contributed by atoms with Gasteiger partial charge in [0.2, 0.25) is 0 Å². The number of nitrogens with two attached hydrogens (primary N) is 4. The Balaban J connectivity index is 0.000000182. The molecule has 16 nitrogen and oxygen atoms in total. The van der Waals surface area contributed by atoms with Crippen LogP contribution in [0.5, 0.6) is 0 Å². The molecule has 4 fully saturated rings. The Morgan fingerprint density at radius 2 is 0.697 bits per heavy atom. The number of rotatable bonds is 21. The second-order valence-electron chi connectivity index (χ2n) is 27.9. The minimum atomic E-state index is -1.31. The second kappa shape index (κ2) is 32.2. The van der Waals surface area contributed by atoms with Gasteiger partial charge in [-0.3, -0.25) is 0 Å². The van der Waals surface area contributed by atoms with Crippen LogP contribution < -0.4 is 22.9 Å². The zero-order valence-corrected chi connectivity index (χ0v) is 56.9.